The minimum atomic E-state index is -4.28. The molecule has 388 valence electrons. The van der Waals surface area contributed by atoms with Gasteiger partial charge in [0.15, 0.2) is 9.84 Å². The third-order valence-electron chi connectivity index (χ3n) is 12.1. The van der Waals surface area contributed by atoms with Crippen LogP contribution < -0.4 is 54.4 Å². The lowest BCUT2D eigenvalue weighted by Crippen LogP contribution is -2.61. The van der Waals surface area contributed by atoms with Gasteiger partial charge in [0.05, 0.1) is 31.0 Å². The van der Waals surface area contributed by atoms with Crippen LogP contribution in [0.5, 0.6) is 5.75 Å². The van der Waals surface area contributed by atoms with Gasteiger partial charge in [0, 0.05) is 26.3 Å². The summed E-state index contributed by atoms with van der Waals surface area (Å²) >= 11 is 0. The molecule has 2 aliphatic rings. The first-order chi connectivity index (χ1) is 32.9. The van der Waals surface area contributed by atoms with Crippen molar-refractivity contribution in [2.24, 2.45) is 29.0 Å². The van der Waals surface area contributed by atoms with Crippen LogP contribution in [0.25, 0.3) is 0 Å². The Bertz CT molecular complexity index is 2200. The normalized spacial score (nSPS) is 23.0. The van der Waals surface area contributed by atoms with Crippen molar-refractivity contribution >= 4 is 74.8 Å². The summed E-state index contributed by atoms with van der Waals surface area (Å²) in [5, 5.41) is 27.0. The van der Waals surface area contributed by atoms with Gasteiger partial charge in [-0.15, -0.1) is 0 Å². The monoisotopic (exact) mass is 1010 g/mol. The van der Waals surface area contributed by atoms with Gasteiger partial charge in [-0.05, 0) is 55.2 Å². The van der Waals surface area contributed by atoms with E-state index in [1.165, 1.54) is 24.3 Å². The van der Waals surface area contributed by atoms with Gasteiger partial charge in [0.2, 0.25) is 65.0 Å². The highest BCUT2D eigenvalue weighted by atomic mass is 32.2. The molecule has 0 radical (unpaired) electrons. The van der Waals surface area contributed by atoms with Crippen LogP contribution in [0.2, 0.25) is 0 Å². The Kier molecular flexibility index (Phi) is 22.5. The zero-order valence-electron chi connectivity index (χ0n) is 39.6. The van der Waals surface area contributed by atoms with Crippen LogP contribution in [-0.4, -0.2) is 151 Å². The number of nitrogens with one attached hydrogen (secondary N) is 7. The maximum atomic E-state index is 14.1. The minimum absolute atomic E-state index is 0.0904. The fraction of sp³-hybridized carbons (Fsp3) is 0.614. The molecule has 2 fully saturated rings. The average molecular weight is 1010 g/mol. The van der Waals surface area contributed by atoms with Crippen LogP contribution in [0, 0.1) is 11.8 Å². The Morgan fingerprint density at radius 3 is 1.99 bits per heavy atom. The van der Waals surface area contributed by atoms with Crippen molar-refractivity contribution in [1.82, 2.24) is 42.1 Å². The predicted molar refractivity (Wildman–Crippen MR) is 249 cm³/mol. The van der Waals surface area contributed by atoms with E-state index in [2.05, 4.69) is 37.2 Å². The van der Waals surface area contributed by atoms with Gasteiger partial charge >= 0.3 is 0 Å². The second kappa shape index (κ2) is 27.4. The molecular weight excluding hydrogens is 939 g/mol. The number of benzene rings is 1. The highest BCUT2D eigenvalue weighted by Gasteiger charge is 2.37. The van der Waals surface area contributed by atoms with Crippen LogP contribution in [0.3, 0.4) is 0 Å². The molecule has 14 N–H and O–H groups in total. The van der Waals surface area contributed by atoms with E-state index in [9.17, 15) is 66.3 Å². The number of carbonyl (C=O) groups excluding carboxylic acids is 11. The van der Waals surface area contributed by atoms with Crippen molar-refractivity contribution in [1.29, 1.82) is 0 Å². The molecule has 0 bridgehead atoms. The molecule has 26 heteroatoms. The molecule has 25 nitrogen and oxygen atoms in total. The number of amides is 11. The molecule has 1 aliphatic carbocycles. The number of hydrogen-bond acceptors (Lipinski definition) is 14. The second-order valence-electron chi connectivity index (χ2n) is 17.7. The van der Waals surface area contributed by atoms with Gasteiger partial charge in [0.1, 0.15) is 42.0 Å². The van der Waals surface area contributed by atoms with E-state index >= 15 is 0 Å². The maximum Gasteiger partial charge on any atom is 0.245 e. The van der Waals surface area contributed by atoms with Gasteiger partial charge in [0.25, 0.3) is 0 Å². The largest absolute Gasteiger partial charge is 0.508 e. The summed E-state index contributed by atoms with van der Waals surface area (Å²) in [4.78, 5) is 147. The van der Waals surface area contributed by atoms with E-state index in [1.807, 2.05) is 0 Å². The number of phenols is 1. The highest BCUT2D eigenvalue weighted by Crippen LogP contribution is 2.27. The minimum Gasteiger partial charge on any atom is -0.508 e. The molecule has 1 saturated heterocycles. The zero-order chi connectivity index (χ0) is 52.3. The molecule has 1 saturated carbocycles. The fourth-order valence-electron chi connectivity index (χ4n) is 7.90. The Hall–Kier alpha value is -6.86. The third-order valence-corrected chi connectivity index (χ3v) is 13.7. The number of phenolic OH excluding ortho intramolecular Hbond substituents is 1. The smallest absolute Gasteiger partial charge is 0.245 e. The first-order valence-electron chi connectivity index (χ1n) is 23.1. The van der Waals surface area contributed by atoms with E-state index in [0.717, 1.165) is 31.2 Å². The Morgan fingerprint density at radius 2 is 1.39 bits per heavy atom. The lowest BCUT2D eigenvalue weighted by Gasteiger charge is -2.31. The molecular formula is C44H67N11O14S. The molecule has 1 heterocycles. The Balaban J connectivity index is 2.04. The molecule has 70 heavy (non-hydrogen) atoms. The summed E-state index contributed by atoms with van der Waals surface area (Å²) in [6.45, 7) is 2.08. The van der Waals surface area contributed by atoms with Gasteiger partial charge < -0.3 is 64.4 Å². The number of nitrogens with zero attached hydrogens (tertiary/aromatic N) is 1. The number of primary amides is 3. The van der Waals surface area contributed by atoms with E-state index in [-0.39, 0.29) is 18.1 Å². The van der Waals surface area contributed by atoms with Crippen molar-refractivity contribution in [2.45, 2.75) is 127 Å². The summed E-state index contributed by atoms with van der Waals surface area (Å²) in [5.74, 6) is -13.2. The molecule has 0 unspecified atom stereocenters. The summed E-state index contributed by atoms with van der Waals surface area (Å²) in [6, 6.07) is -3.61. The summed E-state index contributed by atoms with van der Waals surface area (Å²) in [6.07, 6.45) is 0.504. The number of rotatable bonds is 17. The van der Waals surface area contributed by atoms with Crippen LogP contribution in [0.4, 0.5) is 0 Å². The standard InChI is InChI=1S/C44H67N11O14S/c1-4-24(2)37-43(66)50-28(14-15-32(45)57)39(62)52-31(21-33(46)58)40(63)51-29(44(67)55(3)23-36(61)53-38(26-8-6-5-7-9-26)42(65)48-22-34(47)59)16-18-70(68,69)19-17-35(60)49-30(41(64)54-37)20-25-10-12-27(56)13-11-25/h10-13,24,26,28-31,37-38,56H,4-9,14-23H2,1-3H3,(H2,45,57)(H2,46,58)(H2,47,59)(H,48,65)(H,49,60)(H,50,66)(H,51,63)(H,52,62)(H,53,61)(H,54,64)/t24-,28-,29-,30-,31-,37-,38-/m0/s1. The van der Waals surface area contributed by atoms with E-state index in [0.29, 0.717) is 24.8 Å². The molecule has 0 aromatic heterocycles. The summed E-state index contributed by atoms with van der Waals surface area (Å²) < 4.78 is 27.1. The topological polar surface area (TPSA) is 408 Å². The summed E-state index contributed by atoms with van der Waals surface area (Å²) in [5.41, 5.74) is 16.5. The molecule has 7 atom stereocenters. The summed E-state index contributed by atoms with van der Waals surface area (Å²) in [7, 11) is -3.12. The number of aromatic hydroxyl groups is 1. The first-order valence-corrected chi connectivity index (χ1v) is 24.9. The number of carbonyl (C=O) groups is 11. The lowest BCUT2D eigenvalue weighted by atomic mass is 9.83. The zero-order valence-corrected chi connectivity index (χ0v) is 40.4. The molecule has 0 spiro atoms. The van der Waals surface area contributed by atoms with Crippen molar-refractivity contribution in [2.75, 3.05) is 31.6 Å². The molecule has 11 amide bonds. The second-order valence-corrected chi connectivity index (χ2v) is 20.0. The number of nitrogens with two attached hydrogens (primary N) is 3. The van der Waals surface area contributed by atoms with Crippen molar-refractivity contribution in [3.63, 3.8) is 0 Å². The Labute approximate surface area is 405 Å². The SMILES string of the molecule is CC[C@H](C)[C@@H]1NC(=O)[C@H](Cc2ccc(O)cc2)NC(=O)CCS(=O)(=O)CC[C@@H](C(=O)N(C)CC(=O)N[C@H](C(=O)NCC(N)=O)C2CCCCC2)NC(=O)[C@H](CC(N)=O)NC(=O)[C@H](CCC(N)=O)NC1=O. The van der Waals surface area contributed by atoms with Crippen molar-refractivity contribution < 1.29 is 66.3 Å². The molecule has 3 rings (SSSR count). The average Bonchev–Trinajstić information content (AvgIpc) is 3.30. The third kappa shape index (κ3) is 19.3. The number of sulfone groups is 1. The van der Waals surface area contributed by atoms with Crippen LogP contribution >= 0.6 is 0 Å². The van der Waals surface area contributed by atoms with E-state index < -0.39 is 174 Å². The first kappa shape index (κ1) is 57.5. The highest BCUT2D eigenvalue weighted by molar-refractivity contribution is 7.91. The van der Waals surface area contributed by atoms with Crippen LogP contribution in [0.1, 0.15) is 90.0 Å². The molecule has 1 aliphatic heterocycles. The lowest BCUT2D eigenvalue weighted by molar-refractivity contribution is -0.140. The Morgan fingerprint density at radius 1 is 0.771 bits per heavy atom. The van der Waals surface area contributed by atoms with Crippen molar-refractivity contribution in [3.8, 4) is 5.75 Å². The van der Waals surface area contributed by atoms with Crippen molar-refractivity contribution in [3.05, 3.63) is 29.8 Å². The number of hydrogen-bond donors (Lipinski definition) is 11. The molecule has 1 aromatic rings. The quantitative estimate of drug-likeness (QED) is 0.0707. The molecule has 1 aromatic carbocycles. The van der Waals surface area contributed by atoms with Gasteiger partial charge in [-0.2, -0.15) is 0 Å². The van der Waals surface area contributed by atoms with E-state index in [1.54, 1.807) is 13.8 Å². The van der Waals surface area contributed by atoms with Crippen LogP contribution in [0.15, 0.2) is 24.3 Å². The predicted octanol–water partition coefficient (Wildman–Crippen LogP) is -4.12. The maximum absolute atomic E-state index is 14.1. The fourth-order valence-corrected chi connectivity index (χ4v) is 9.20. The number of likely N-dealkylation sites (N-methyl/N-ethyl adjacent to an activating group) is 1. The van der Waals surface area contributed by atoms with E-state index in [4.69, 9.17) is 17.2 Å². The van der Waals surface area contributed by atoms with Gasteiger partial charge in [-0.25, -0.2) is 8.42 Å². The van der Waals surface area contributed by atoms with Crippen LogP contribution in [-0.2, 0) is 69.0 Å². The van der Waals surface area contributed by atoms with Gasteiger partial charge in [-0.3, -0.25) is 52.7 Å². The van der Waals surface area contributed by atoms with Gasteiger partial charge in [-0.1, -0.05) is 51.7 Å².